The van der Waals surface area contributed by atoms with Crippen LogP contribution in [0, 0.1) is 5.82 Å². The van der Waals surface area contributed by atoms with Crippen LogP contribution in [0.1, 0.15) is 41.6 Å². The van der Waals surface area contributed by atoms with E-state index in [1.807, 2.05) is 10.5 Å². The lowest BCUT2D eigenvalue weighted by molar-refractivity contribution is 0.0584. The number of halogens is 4. The molecular weight excluding hydrogens is 607 g/mol. The number of ether oxygens (including phenoxy) is 1. The summed E-state index contributed by atoms with van der Waals surface area (Å²) in [6.45, 7) is 3.97. The van der Waals surface area contributed by atoms with E-state index in [0.29, 0.717) is 72.0 Å². The molecule has 1 unspecified atom stereocenters. The van der Waals surface area contributed by atoms with Crippen molar-refractivity contribution in [3.63, 3.8) is 0 Å². The van der Waals surface area contributed by atoms with E-state index in [0.717, 1.165) is 36.3 Å². The number of benzene rings is 2. The number of aliphatic hydroxyl groups is 1. The highest BCUT2D eigenvalue weighted by molar-refractivity contribution is 7.23. The molecule has 2 aromatic carbocycles. The van der Waals surface area contributed by atoms with Gasteiger partial charge in [0, 0.05) is 44.0 Å². The van der Waals surface area contributed by atoms with Gasteiger partial charge in [0.05, 0.1) is 28.6 Å². The van der Waals surface area contributed by atoms with Gasteiger partial charge in [-0.25, -0.2) is 13.8 Å². The first-order chi connectivity index (χ1) is 19.3. The fourth-order valence-corrected chi connectivity index (χ4v) is 6.69. The molecule has 1 amide bonds. The van der Waals surface area contributed by atoms with E-state index in [2.05, 4.69) is 20.5 Å². The highest BCUT2D eigenvalue weighted by Crippen LogP contribution is 2.36. The van der Waals surface area contributed by atoms with Gasteiger partial charge in [0.2, 0.25) is 0 Å². The minimum Gasteiger partial charge on any atom is -0.496 e. The lowest BCUT2D eigenvalue weighted by atomic mass is 9.92. The highest BCUT2D eigenvalue weighted by Gasteiger charge is 2.33. The van der Waals surface area contributed by atoms with Crippen LogP contribution in [0.2, 0.25) is 0 Å². The van der Waals surface area contributed by atoms with Gasteiger partial charge >= 0.3 is 0 Å². The lowest BCUT2D eigenvalue weighted by Gasteiger charge is -2.28. The number of thiazole rings is 1. The summed E-state index contributed by atoms with van der Waals surface area (Å²) in [5.74, 6) is -0.204. The maximum Gasteiger partial charge on any atom is 0.255 e. The number of carbonyl (C=O) groups excluding carboxylic acids is 1. The number of methoxy groups -OCH3 is 1. The Morgan fingerprint density at radius 1 is 1.26 bits per heavy atom. The summed E-state index contributed by atoms with van der Waals surface area (Å²) in [6, 6.07) is 8.44. The van der Waals surface area contributed by atoms with Crippen LogP contribution in [-0.2, 0) is 5.60 Å². The van der Waals surface area contributed by atoms with Gasteiger partial charge in [-0.2, -0.15) is 0 Å². The monoisotopic (exact) mass is 641 g/mol. The zero-order chi connectivity index (χ0) is 27.9. The average Bonchev–Trinajstić information content (AvgIpc) is 3.66. The maximum atomic E-state index is 15.2. The van der Waals surface area contributed by atoms with E-state index in [9.17, 15) is 14.3 Å². The van der Waals surface area contributed by atoms with Crippen molar-refractivity contribution in [2.75, 3.05) is 46.4 Å². The van der Waals surface area contributed by atoms with Crippen LogP contribution in [0.3, 0.4) is 0 Å². The fourth-order valence-electron chi connectivity index (χ4n) is 5.66. The number of hydrogen-bond acceptors (Lipinski definition) is 7. The summed E-state index contributed by atoms with van der Waals surface area (Å²) in [6.07, 6.45) is 3.59. The number of hydrogen-bond donors (Lipinski definition) is 3. The summed E-state index contributed by atoms with van der Waals surface area (Å²) >= 11 is 1.41. The predicted molar refractivity (Wildman–Crippen MR) is 166 cm³/mol. The van der Waals surface area contributed by atoms with Gasteiger partial charge < -0.3 is 25.4 Å². The molecule has 2 fully saturated rings. The number of carbonyl (C=O) groups is 1. The van der Waals surface area contributed by atoms with Crippen LogP contribution in [-0.4, -0.2) is 77.8 Å². The van der Waals surface area contributed by atoms with Gasteiger partial charge in [-0.05, 0) is 62.5 Å². The van der Waals surface area contributed by atoms with E-state index < -0.39 is 17.6 Å². The third-order valence-electron chi connectivity index (χ3n) is 8.03. The number of imidazole rings is 1. The first-order valence-corrected chi connectivity index (χ1v) is 14.5. The van der Waals surface area contributed by atoms with Crippen molar-refractivity contribution < 1.29 is 23.4 Å². The van der Waals surface area contributed by atoms with E-state index in [-0.39, 0.29) is 30.7 Å². The Balaban J connectivity index is 0.00000202. The van der Waals surface area contributed by atoms with E-state index in [1.54, 1.807) is 24.4 Å². The number of fused-ring (bicyclic) bond motifs is 3. The molecule has 0 saturated carbocycles. The minimum absolute atomic E-state index is 0. The number of rotatable bonds is 8. The molecule has 0 radical (unpaired) electrons. The molecule has 0 spiro atoms. The molecule has 2 aromatic heterocycles. The second-order valence-electron chi connectivity index (χ2n) is 10.7. The van der Waals surface area contributed by atoms with Crippen LogP contribution >= 0.6 is 36.2 Å². The molecule has 1 atom stereocenters. The van der Waals surface area contributed by atoms with Crippen molar-refractivity contribution in [2.45, 2.75) is 37.5 Å². The third kappa shape index (κ3) is 6.36. The van der Waals surface area contributed by atoms with E-state index >= 15 is 4.39 Å². The van der Waals surface area contributed by atoms with Crippen LogP contribution in [0.25, 0.3) is 26.4 Å². The number of amides is 1. The SMILES string of the molecule is COc1cc2c(cc1C(=O)NCCCN1CCC(F)CC1)sc1nc(-c3ccc(C4(O)CCNC4)cc3F)cn12.Cl.Cl. The number of alkyl halides is 1. The molecule has 2 aliphatic rings. The molecule has 4 aromatic rings. The summed E-state index contributed by atoms with van der Waals surface area (Å²) in [5.41, 5.74) is 1.61. The predicted octanol–water partition coefficient (Wildman–Crippen LogP) is 4.94. The fraction of sp³-hybridized carbons (Fsp3) is 0.448. The van der Waals surface area contributed by atoms with Crippen molar-refractivity contribution in [3.8, 4) is 17.0 Å². The zero-order valence-corrected chi connectivity index (χ0v) is 25.6. The van der Waals surface area contributed by atoms with Crippen molar-refractivity contribution in [3.05, 3.63) is 53.5 Å². The van der Waals surface area contributed by atoms with Crippen molar-refractivity contribution in [2.24, 2.45) is 0 Å². The first-order valence-electron chi connectivity index (χ1n) is 13.7. The van der Waals surface area contributed by atoms with Gasteiger partial charge in [0.15, 0.2) is 4.96 Å². The van der Waals surface area contributed by atoms with Crippen LogP contribution in [0.5, 0.6) is 5.75 Å². The Labute approximate surface area is 259 Å². The second-order valence-corrected chi connectivity index (χ2v) is 11.7. The molecule has 228 valence electrons. The van der Waals surface area contributed by atoms with Crippen LogP contribution in [0.4, 0.5) is 8.78 Å². The lowest BCUT2D eigenvalue weighted by Crippen LogP contribution is -2.36. The van der Waals surface area contributed by atoms with E-state index in [4.69, 9.17) is 4.74 Å². The van der Waals surface area contributed by atoms with Gasteiger partial charge in [0.25, 0.3) is 5.91 Å². The zero-order valence-electron chi connectivity index (χ0n) is 23.2. The smallest absolute Gasteiger partial charge is 0.255 e. The molecule has 0 bridgehead atoms. The maximum absolute atomic E-state index is 15.2. The van der Waals surface area contributed by atoms with Crippen molar-refractivity contribution >= 4 is 57.2 Å². The number of β-amino-alcohol motifs (C(OH)–C–C–N with tert-alkyl or cyclic N) is 1. The summed E-state index contributed by atoms with van der Waals surface area (Å²) in [4.78, 5) is 20.6. The first kappa shape index (κ1) is 32.4. The van der Waals surface area contributed by atoms with Gasteiger partial charge in [-0.1, -0.05) is 17.4 Å². The standard InChI is InChI=1S/C29H33F2N5O3S.2ClH/c1-39-25-15-24-26(14-21(25)27(37)33-8-2-10-35-11-5-19(30)6-12-35)40-28-34-23(16-36(24)28)20-4-3-18(13-22(20)31)29(38)7-9-32-17-29;;/h3-4,13-16,19,32,38H,2,5-12,17H2,1H3,(H,33,37);2*1H. The summed E-state index contributed by atoms with van der Waals surface area (Å²) in [5, 5.41) is 16.9. The van der Waals surface area contributed by atoms with E-state index in [1.165, 1.54) is 24.5 Å². The van der Waals surface area contributed by atoms with Gasteiger partial charge in [-0.3, -0.25) is 9.20 Å². The molecule has 3 N–H and O–H groups in total. The van der Waals surface area contributed by atoms with Crippen LogP contribution in [0.15, 0.2) is 36.5 Å². The molecule has 6 rings (SSSR count). The number of likely N-dealkylation sites (tertiary alicyclic amines) is 1. The Morgan fingerprint density at radius 2 is 2.05 bits per heavy atom. The molecule has 2 saturated heterocycles. The summed E-state index contributed by atoms with van der Waals surface area (Å²) < 4.78 is 36.8. The van der Waals surface area contributed by atoms with Crippen molar-refractivity contribution in [1.82, 2.24) is 24.9 Å². The normalized spacial score (nSPS) is 19.5. The Kier molecular flexibility index (Phi) is 10.3. The number of piperidine rings is 1. The Hall–Kier alpha value is -2.54. The molecule has 8 nitrogen and oxygen atoms in total. The Bertz CT molecular complexity index is 1550. The second kappa shape index (κ2) is 13.4. The number of nitrogens with zero attached hydrogens (tertiary/aromatic N) is 3. The molecule has 0 aliphatic carbocycles. The quantitative estimate of drug-likeness (QED) is 0.236. The van der Waals surface area contributed by atoms with Crippen LogP contribution < -0.4 is 15.4 Å². The molecule has 13 heteroatoms. The number of aromatic nitrogens is 2. The minimum atomic E-state index is -1.06. The average molecular weight is 643 g/mol. The topological polar surface area (TPSA) is 91.1 Å². The largest absolute Gasteiger partial charge is 0.496 e. The highest BCUT2D eigenvalue weighted by atomic mass is 35.5. The van der Waals surface area contributed by atoms with Gasteiger partial charge in [-0.15, -0.1) is 24.8 Å². The van der Waals surface area contributed by atoms with Gasteiger partial charge in [0.1, 0.15) is 23.3 Å². The third-order valence-corrected chi connectivity index (χ3v) is 9.05. The molecular formula is C29H35Cl2F2N5O3S. The molecule has 4 heterocycles. The molecule has 2 aliphatic heterocycles. The number of nitrogens with one attached hydrogen (secondary N) is 2. The Morgan fingerprint density at radius 3 is 2.74 bits per heavy atom. The molecule has 42 heavy (non-hydrogen) atoms. The summed E-state index contributed by atoms with van der Waals surface area (Å²) in [7, 11) is 1.53. The van der Waals surface area contributed by atoms with Crippen molar-refractivity contribution in [1.29, 1.82) is 0 Å².